The number of thiazole rings is 1. The molecule has 26 heavy (non-hydrogen) atoms. The van der Waals surface area contributed by atoms with Crippen LogP contribution in [-0.4, -0.2) is 47.1 Å². The molecule has 1 amide bonds. The number of alkyl halides is 3. The maximum absolute atomic E-state index is 13.1. The molecule has 2 heterocycles. The van der Waals surface area contributed by atoms with Crippen molar-refractivity contribution in [2.24, 2.45) is 5.92 Å². The van der Waals surface area contributed by atoms with E-state index in [9.17, 15) is 18.0 Å². The number of rotatable bonds is 5. The van der Waals surface area contributed by atoms with E-state index in [0.29, 0.717) is 13.0 Å². The second-order valence-corrected chi connectivity index (χ2v) is 8.25. The molecule has 1 aliphatic rings. The third kappa shape index (κ3) is 4.01. The van der Waals surface area contributed by atoms with Gasteiger partial charge < -0.3 is 5.32 Å². The standard InChI is InChI=1S/C18H22F3N3OS/c1-17(2)14(18(19,20)21)8-10-24(17)11-15(25)22-9-7-16-23-12-5-3-4-6-13(12)26-16/h3-6,14H,7-11H2,1-2H3,(H,22,25)/t14-/m0/s1. The van der Waals surface area contributed by atoms with Crippen LogP contribution in [0.25, 0.3) is 10.2 Å². The Bertz CT molecular complexity index is 754. The average Bonchev–Trinajstić information content (AvgIpc) is 3.07. The smallest absolute Gasteiger partial charge is 0.355 e. The van der Waals surface area contributed by atoms with Gasteiger partial charge in [0, 0.05) is 18.5 Å². The lowest BCUT2D eigenvalue weighted by Crippen LogP contribution is -2.50. The first kappa shape index (κ1) is 19.1. The predicted octanol–water partition coefficient (Wildman–Crippen LogP) is 3.62. The van der Waals surface area contributed by atoms with Crippen LogP contribution in [0.1, 0.15) is 25.3 Å². The van der Waals surface area contributed by atoms with Gasteiger partial charge in [-0.1, -0.05) is 12.1 Å². The molecule has 3 rings (SSSR count). The molecule has 4 nitrogen and oxygen atoms in total. The summed E-state index contributed by atoms with van der Waals surface area (Å²) in [5.74, 6) is -1.65. The predicted molar refractivity (Wildman–Crippen MR) is 96.1 cm³/mol. The Morgan fingerprint density at radius 1 is 1.38 bits per heavy atom. The van der Waals surface area contributed by atoms with Crippen LogP contribution >= 0.6 is 11.3 Å². The molecule has 142 valence electrons. The van der Waals surface area contributed by atoms with E-state index in [-0.39, 0.29) is 25.4 Å². The van der Waals surface area contributed by atoms with Crippen LogP contribution in [0.15, 0.2) is 24.3 Å². The Labute approximate surface area is 154 Å². The molecule has 1 atom stereocenters. The third-order valence-electron chi connectivity index (χ3n) is 5.08. The van der Waals surface area contributed by atoms with Crippen LogP contribution in [0.3, 0.4) is 0 Å². The largest absolute Gasteiger partial charge is 0.393 e. The first-order valence-electron chi connectivity index (χ1n) is 8.61. The fourth-order valence-corrected chi connectivity index (χ4v) is 4.53. The van der Waals surface area contributed by atoms with Crippen molar-refractivity contribution < 1.29 is 18.0 Å². The summed E-state index contributed by atoms with van der Waals surface area (Å²) in [6.07, 6.45) is -3.59. The molecular weight excluding hydrogens is 363 g/mol. The van der Waals surface area contributed by atoms with E-state index in [1.54, 1.807) is 30.1 Å². The van der Waals surface area contributed by atoms with E-state index in [0.717, 1.165) is 15.2 Å². The number of halogens is 3. The monoisotopic (exact) mass is 385 g/mol. The highest BCUT2D eigenvalue weighted by atomic mass is 32.1. The number of nitrogens with zero attached hydrogens (tertiary/aromatic N) is 2. The fraction of sp³-hybridized carbons (Fsp3) is 0.556. The average molecular weight is 385 g/mol. The lowest BCUT2D eigenvalue weighted by Gasteiger charge is -2.36. The number of benzene rings is 1. The molecule has 0 radical (unpaired) electrons. The van der Waals surface area contributed by atoms with Crippen LogP contribution < -0.4 is 5.32 Å². The molecule has 1 aromatic heterocycles. The maximum Gasteiger partial charge on any atom is 0.393 e. The van der Waals surface area contributed by atoms with Gasteiger partial charge in [-0.15, -0.1) is 11.3 Å². The van der Waals surface area contributed by atoms with Crippen LogP contribution in [-0.2, 0) is 11.2 Å². The summed E-state index contributed by atoms with van der Waals surface area (Å²) in [4.78, 5) is 18.3. The van der Waals surface area contributed by atoms with E-state index >= 15 is 0 Å². The molecule has 2 aromatic rings. The molecule has 0 aliphatic carbocycles. The van der Waals surface area contributed by atoms with Crippen molar-refractivity contribution in [2.75, 3.05) is 19.6 Å². The van der Waals surface area contributed by atoms with Gasteiger partial charge in [-0.2, -0.15) is 13.2 Å². The van der Waals surface area contributed by atoms with Crippen molar-refractivity contribution in [3.63, 3.8) is 0 Å². The van der Waals surface area contributed by atoms with Crippen LogP contribution in [0.4, 0.5) is 13.2 Å². The first-order chi connectivity index (χ1) is 12.2. The van der Waals surface area contributed by atoms with Crippen LogP contribution in [0, 0.1) is 5.92 Å². The van der Waals surface area contributed by atoms with E-state index in [1.807, 2.05) is 24.3 Å². The summed E-state index contributed by atoms with van der Waals surface area (Å²) in [7, 11) is 0. The first-order valence-corrected chi connectivity index (χ1v) is 9.42. The minimum absolute atomic E-state index is 0.0145. The number of amides is 1. The van der Waals surface area contributed by atoms with Gasteiger partial charge in [0.2, 0.25) is 5.91 Å². The Hall–Kier alpha value is -1.67. The zero-order chi connectivity index (χ0) is 18.9. The van der Waals surface area contributed by atoms with Crippen LogP contribution in [0.5, 0.6) is 0 Å². The van der Waals surface area contributed by atoms with Crippen LogP contribution in [0.2, 0.25) is 0 Å². The maximum atomic E-state index is 13.1. The summed E-state index contributed by atoms with van der Waals surface area (Å²) in [6.45, 7) is 3.82. The quantitative estimate of drug-likeness (QED) is 0.855. The molecule has 0 spiro atoms. The Kier molecular flexibility index (Phi) is 5.25. The summed E-state index contributed by atoms with van der Waals surface area (Å²) in [5.41, 5.74) is -0.126. The van der Waals surface area contributed by atoms with Crippen molar-refractivity contribution in [2.45, 2.75) is 38.4 Å². The van der Waals surface area contributed by atoms with Gasteiger partial charge in [0.05, 0.1) is 27.7 Å². The van der Waals surface area contributed by atoms with E-state index in [1.165, 1.54) is 0 Å². The zero-order valence-corrected chi connectivity index (χ0v) is 15.6. The van der Waals surface area contributed by atoms with Gasteiger partial charge in [-0.3, -0.25) is 9.69 Å². The number of carbonyl (C=O) groups is 1. The minimum Gasteiger partial charge on any atom is -0.355 e. The van der Waals surface area contributed by atoms with Gasteiger partial charge >= 0.3 is 6.18 Å². The second kappa shape index (κ2) is 7.15. The number of para-hydroxylation sites is 1. The van der Waals surface area contributed by atoms with Crippen molar-refractivity contribution in [3.05, 3.63) is 29.3 Å². The number of hydrogen-bond donors (Lipinski definition) is 1. The van der Waals surface area contributed by atoms with Gasteiger partial charge in [-0.25, -0.2) is 4.98 Å². The molecule has 1 fully saturated rings. The fourth-order valence-electron chi connectivity index (χ4n) is 3.56. The number of hydrogen-bond acceptors (Lipinski definition) is 4. The molecule has 0 bridgehead atoms. The molecule has 1 aromatic carbocycles. The summed E-state index contributed by atoms with van der Waals surface area (Å²) >= 11 is 1.59. The molecule has 1 N–H and O–H groups in total. The minimum atomic E-state index is -4.23. The molecular formula is C18H22F3N3OS. The summed E-state index contributed by atoms with van der Waals surface area (Å²) < 4.78 is 40.4. The Morgan fingerprint density at radius 2 is 2.12 bits per heavy atom. The number of aromatic nitrogens is 1. The lowest BCUT2D eigenvalue weighted by molar-refractivity contribution is -0.191. The molecule has 1 aliphatic heterocycles. The molecule has 0 saturated carbocycles. The zero-order valence-electron chi connectivity index (χ0n) is 14.8. The number of nitrogens with one attached hydrogen (secondary N) is 1. The SMILES string of the molecule is CC1(C)[C@@H](C(F)(F)F)CCN1CC(=O)NCCc1nc2ccccc2s1. The molecule has 0 unspecified atom stereocenters. The second-order valence-electron chi connectivity index (χ2n) is 7.13. The normalized spacial score (nSPS) is 20.6. The topological polar surface area (TPSA) is 45.2 Å². The van der Waals surface area contributed by atoms with Crippen molar-refractivity contribution in [1.82, 2.24) is 15.2 Å². The van der Waals surface area contributed by atoms with E-state index < -0.39 is 17.6 Å². The number of likely N-dealkylation sites (tertiary alicyclic amines) is 1. The van der Waals surface area contributed by atoms with E-state index in [4.69, 9.17) is 0 Å². The third-order valence-corrected chi connectivity index (χ3v) is 6.18. The highest BCUT2D eigenvalue weighted by Gasteiger charge is 2.54. The molecule has 1 saturated heterocycles. The van der Waals surface area contributed by atoms with E-state index in [2.05, 4.69) is 10.3 Å². The van der Waals surface area contributed by atoms with Gasteiger partial charge in [0.1, 0.15) is 0 Å². The Balaban J connectivity index is 1.50. The Morgan fingerprint density at radius 3 is 2.77 bits per heavy atom. The number of fused-ring (bicyclic) bond motifs is 1. The highest BCUT2D eigenvalue weighted by molar-refractivity contribution is 7.18. The van der Waals surface area contributed by atoms with Crippen molar-refractivity contribution in [3.8, 4) is 0 Å². The van der Waals surface area contributed by atoms with Crippen molar-refractivity contribution >= 4 is 27.5 Å². The molecule has 8 heteroatoms. The van der Waals surface area contributed by atoms with Gasteiger partial charge in [-0.05, 0) is 38.9 Å². The van der Waals surface area contributed by atoms with Crippen molar-refractivity contribution in [1.29, 1.82) is 0 Å². The van der Waals surface area contributed by atoms with Gasteiger partial charge in [0.15, 0.2) is 0 Å². The highest BCUT2D eigenvalue weighted by Crippen LogP contribution is 2.44. The number of carbonyl (C=O) groups excluding carboxylic acids is 1. The summed E-state index contributed by atoms with van der Waals surface area (Å²) in [6, 6.07) is 7.83. The van der Waals surface area contributed by atoms with Gasteiger partial charge in [0.25, 0.3) is 0 Å². The summed E-state index contributed by atoms with van der Waals surface area (Å²) in [5, 5.41) is 3.73. The lowest BCUT2D eigenvalue weighted by atomic mass is 9.88.